The molecule has 0 unspecified atom stereocenters. The maximum absolute atomic E-state index is 12.3. The van der Waals surface area contributed by atoms with Crippen molar-refractivity contribution in [2.24, 2.45) is 0 Å². The monoisotopic (exact) mass is 420 g/mol. The molecule has 1 N–H and O–H groups in total. The van der Waals surface area contributed by atoms with Crippen LogP contribution in [0.3, 0.4) is 0 Å². The van der Waals surface area contributed by atoms with Crippen molar-refractivity contribution in [2.45, 2.75) is 18.7 Å². The first-order chi connectivity index (χ1) is 12.0. The fourth-order valence-electron chi connectivity index (χ4n) is 2.27. The summed E-state index contributed by atoms with van der Waals surface area (Å²) in [7, 11) is 0. The Labute approximate surface area is 161 Å². The Kier molecular flexibility index (Phi) is 7.52. The second-order valence-corrected chi connectivity index (χ2v) is 7.31. The normalized spacial score (nSPS) is 10.4. The number of benzene rings is 2. The summed E-state index contributed by atoms with van der Waals surface area (Å²) in [6.45, 7) is 5.28. The molecule has 2 rings (SSSR count). The number of hydrogen-bond donors (Lipinski definition) is 1. The van der Waals surface area contributed by atoms with Crippen molar-refractivity contribution >= 4 is 45.2 Å². The van der Waals surface area contributed by atoms with Gasteiger partial charge in [-0.3, -0.25) is 9.59 Å². The van der Waals surface area contributed by atoms with Crippen LogP contribution in [0.4, 0.5) is 5.69 Å². The predicted octanol–water partition coefficient (Wildman–Crippen LogP) is 4.66. The second-order valence-electron chi connectivity index (χ2n) is 5.35. The number of thioether (sulfide) groups is 1. The lowest BCUT2D eigenvalue weighted by Crippen LogP contribution is -2.30. The highest BCUT2D eigenvalue weighted by molar-refractivity contribution is 9.10. The molecule has 0 saturated heterocycles. The summed E-state index contributed by atoms with van der Waals surface area (Å²) in [5.41, 5.74) is 1.32. The highest BCUT2D eigenvalue weighted by Crippen LogP contribution is 2.21. The van der Waals surface area contributed by atoms with Crippen molar-refractivity contribution in [1.82, 2.24) is 4.90 Å². The first-order valence-electron chi connectivity index (χ1n) is 8.11. The largest absolute Gasteiger partial charge is 0.339 e. The van der Waals surface area contributed by atoms with Gasteiger partial charge in [-0.25, -0.2) is 0 Å². The topological polar surface area (TPSA) is 49.4 Å². The number of nitrogens with zero attached hydrogens (tertiary/aromatic N) is 1. The molecule has 2 aromatic rings. The number of halogens is 1. The first-order valence-corrected chi connectivity index (χ1v) is 9.89. The average Bonchev–Trinajstić information content (AvgIpc) is 2.63. The summed E-state index contributed by atoms with van der Waals surface area (Å²) < 4.78 is 1.01. The third kappa shape index (κ3) is 5.90. The Balaban J connectivity index is 1.88. The van der Waals surface area contributed by atoms with E-state index in [-0.39, 0.29) is 11.8 Å². The van der Waals surface area contributed by atoms with Gasteiger partial charge in [-0.1, -0.05) is 15.9 Å². The molecule has 2 amide bonds. The van der Waals surface area contributed by atoms with Crippen LogP contribution in [0.15, 0.2) is 57.9 Å². The van der Waals surface area contributed by atoms with Crippen LogP contribution < -0.4 is 5.32 Å². The molecule has 0 radical (unpaired) electrons. The van der Waals surface area contributed by atoms with Crippen molar-refractivity contribution in [3.63, 3.8) is 0 Å². The number of carbonyl (C=O) groups is 2. The Morgan fingerprint density at radius 2 is 1.60 bits per heavy atom. The van der Waals surface area contributed by atoms with E-state index in [9.17, 15) is 9.59 Å². The van der Waals surface area contributed by atoms with Gasteiger partial charge in [-0.05, 0) is 62.4 Å². The number of amides is 2. The molecule has 2 aromatic carbocycles. The second kappa shape index (κ2) is 9.63. The Hall–Kier alpha value is -1.79. The van der Waals surface area contributed by atoms with E-state index in [0.717, 1.165) is 9.37 Å². The van der Waals surface area contributed by atoms with E-state index in [1.807, 2.05) is 38.1 Å². The SMILES string of the molecule is CCN(CC)C(=O)c1ccc(NC(=O)CSc2ccc(Br)cc2)cc1. The summed E-state index contributed by atoms with van der Waals surface area (Å²) in [6.07, 6.45) is 0. The summed E-state index contributed by atoms with van der Waals surface area (Å²) in [4.78, 5) is 27.1. The maximum Gasteiger partial charge on any atom is 0.253 e. The van der Waals surface area contributed by atoms with E-state index < -0.39 is 0 Å². The van der Waals surface area contributed by atoms with Crippen LogP contribution in [-0.4, -0.2) is 35.6 Å². The minimum Gasteiger partial charge on any atom is -0.339 e. The molecular formula is C19H21BrN2O2S. The lowest BCUT2D eigenvalue weighted by Gasteiger charge is -2.18. The Morgan fingerprint density at radius 1 is 1.00 bits per heavy atom. The van der Waals surface area contributed by atoms with E-state index in [1.54, 1.807) is 29.2 Å². The van der Waals surface area contributed by atoms with Crippen LogP contribution in [0, 0.1) is 0 Å². The highest BCUT2D eigenvalue weighted by Gasteiger charge is 2.12. The van der Waals surface area contributed by atoms with Gasteiger partial charge >= 0.3 is 0 Å². The van der Waals surface area contributed by atoms with E-state index in [4.69, 9.17) is 0 Å². The van der Waals surface area contributed by atoms with Crippen LogP contribution in [0.2, 0.25) is 0 Å². The van der Waals surface area contributed by atoms with E-state index in [1.165, 1.54) is 11.8 Å². The van der Waals surface area contributed by atoms with E-state index in [2.05, 4.69) is 21.2 Å². The molecule has 6 heteroatoms. The molecule has 4 nitrogen and oxygen atoms in total. The molecule has 132 valence electrons. The van der Waals surface area contributed by atoms with Crippen LogP contribution in [0.1, 0.15) is 24.2 Å². The van der Waals surface area contributed by atoms with Crippen molar-refractivity contribution in [3.8, 4) is 0 Å². The number of carbonyl (C=O) groups excluding carboxylic acids is 2. The van der Waals surface area contributed by atoms with Crippen LogP contribution in [-0.2, 0) is 4.79 Å². The zero-order valence-corrected chi connectivity index (χ0v) is 16.7. The van der Waals surface area contributed by atoms with Crippen LogP contribution >= 0.6 is 27.7 Å². The summed E-state index contributed by atoms with van der Waals surface area (Å²) >= 11 is 4.87. The number of nitrogens with one attached hydrogen (secondary N) is 1. The molecule has 0 saturated carbocycles. The van der Waals surface area contributed by atoms with Crippen molar-refractivity contribution in [1.29, 1.82) is 0 Å². The zero-order chi connectivity index (χ0) is 18.2. The van der Waals surface area contributed by atoms with Gasteiger partial charge in [0.05, 0.1) is 5.75 Å². The van der Waals surface area contributed by atoms with Crippen LogP contribution in [0.25, 0.3) is 0 Å². The van der Waals surface area contributed by atoms with E-state index >= 15 is 0 Å². The number of anilines is 1. The van der Waals surface area contributed by atoms with Gasteiger partial charge < -0.3 is 10.2 Å². The molecule has 0 spiro atoms. The summed E-state index contributed by atoms with van der Waals surface area (Å²) in [5.74, 6) is 0.270. The molecule has 0 aliphatic rings. The number of rotatable bonds is 7. The molecule has 0 heterocycles. The van der Waals surface area contributed by atoms with Gasteiger partial charge in [0.1, 0.15) is 0 Å². The average molecular weight is 421 g/mol. The smallest absolute Gasteiger partial charge is 0.253 e. The molecule has 25 heavy (non-hydrogen) atoms. The van der Waals surface area contributed by atoms with Gasteiger partial charge in [0.15, 0.2) is 0 Å². The van der Waals surface area contributed by atoms with Crippen molar-refractivity contribution in [3.05, 3.63) is 58.6 Å². The van der Waals surface area contributed by atoms with Gasteiger partial charge in [0.2, 0.25) is 5.91 Å². The van der Waals surface area contributed by atoms with Gasteiger partial charge in [-0.2, -0.15) is 0 Å². The summed E-state index contributed by atoms with van der Waals surface area (Å²) in [5, 5.41) is 2.85. The third-order valence-electron chi connectivity index (χ3n) is 3.65. The minimum absolute atomic E-state index is 0.00803. The third-order valence-corrected chi connectivity index (χ3v) is 5.19. The lowest BCUT2D eigenvalue weighted by molar-refractivity contribution is -0.113. The molecule has 0 aliphatic heterocycles. The first kappa shape index (κ1) is 19.5. The van der Waals surface area contributed by atoms with Gasteiger partial charge in [0.25, 0.3) is 5.91 Å². The van der Waals surface area contributed by atoms with Crippen molar-refractivity contribution < 1.29 is 9.59 Å². The maximum atomic E-state index is 12.3. The van der Waals surface area contributed by atoms with Gasteiger partial charge in [-0.15, -0.1) is 11.8 Å². The fraction of sp³-hybridized carbons (Fsp3) is 0.263. The standard InChI is InChI=1S/C19H21BrN2O2S/c1-3-22(4-2)19(24)14-5-9-16(10-6-14)21-18(23)13-25-17-11-7-15(20)8-12-17/h5-12H,3-4,13H2,1-2H3,(H,21,23). The highest BCUT2D eigenvalue weighted by atomic mass is 79.9. The van der Waals surface area contributed by atoms with Gasteiger partial charge in [0, 0.05) is 33.7 Å². The summed E-state index contributed by atoms with van der Waals surface area (Å²) in [6, 6.07) is 14.9. The van der Waals surface area contributed by atoms with E-state index in [0.29, 0.717) is 30.1 Å². The molecular weight excluding hydrogens is 400 g/mol. The number of hydrogen-bond acceptors (Lipinski definition) is 3. The molecule has 0 bridgehead atoms. The minimum atomic E-state index is -0.0734. The molecule has 0 aliphatic carbocycles. The fourth-order valence-corrected chi connectivity index (χ4v) is 3.23. The van der Waals surface area contributed by atoms with Crippen LogP contribution in [0.5, 0.6) is 0 Å². The zero-order valence-electron chi connectivity index (χ0n) is 14.3. The Bertz CT molecular complexity index is 713. The molecule has 0 fully saturated rings. The molecule has 0 aromatic heterocycles. The quantitative estimate of drug-likeness (QED) is 0.662. The molecule has 0 atom stereocenters. The van der Waals surface area contributed by atoms with Crippen molar-refractivity contribution in [2.75, 3.05) is 24.2 Å². The predicted molar refractivity (Wildman–Crippen MR) is 107 cm³/mol. The lowest BCUT2D eigenvalue weighted by atomic mass is 10.2. The Morgan fingerprint density at radius 3 is 2.16 bits per heavy atom.